The predicted molar refractivity (Wildman–Crippen MR) is 111 cm³/mol. The van der Waals surface area contributed by atoms with E-state index in [0.717, 1.165) is 11.4 Å². The Kier molecular flexibility index (Phi) is 5.89. The maximum absolute atomic E-state index is 14.0. The summed E-state index contributed by atoms with van der Waals surface area (Å²) in [6.45, 7) is 0.345. The van der Waals surface area contributed by atoms with Crippen LogP contribution in [0.3, 0.4) is 0 Å². The first kappa shape index (κ1) is 19.8. The van der Waals surface area contributed by atoms with E-state index >= 15 is 0 Å². The summed E-state index contributed by atoms with van der Waals surface area (Å²) in [5.74, 6) is 1.08. The molecule has 4 rings (SSSR count). The molecule has 0 aliphatic heterocycles. The smallest absolute Gasteiger partial charge is 0.257 e. The lowest BCUT2D eigenvalue weighted by Crippen LogP contribution is -2.30. The van der Waals surface area contributed by atoms with Gasteiger partial charge in [-0.05, 0) is 36.4 Å². The first-order chi connectivity index (χ1) is 14.6. The second kappa shape index (κ2) is 8.91. The van der Waals surface area contributed by atoms with Crippen LogP contribution in [-0.4, -0.2) is 40.8 Å². The van der Waals surface area contributed by atoms with Gasteiger partial charge in [-0.15, -0.1) is 16.4 Å². The summed E-state index contributed by atoms with van der Waals surface area (Å²) in [7, 11) is 1.59. The fourth-order valence-corrected chi connectivity index (χ4v) is 3.71. The van der Waals surface area contributed by atoms with Gasteiger partial charge in [0.25, 0.3) is 5.91 Å². The molecule has 1 amide bonds. The molecule has 0 fully saturated rings. The number of nitrogens with zero attached hydrogens (tertiary/aromatic N) is 3. The zero-order valence-corrected chi connectivity index (χ0v) is 17.0. The monoisotopic (exact) mass is 426 g/mol. The summed E-state index contributed by atoms with van der Waals surface area (Å²) in [5, 5.41) is 9.17. The number of amides is 1. The molecule has 0 saturated heterocycles. The molecule has 4 aromatic rings. The van der Waals surface area contributed by atoms with Gasteiger partial charge in [-0.3, -0.25) is 4.79 Å². The van der Waals surface area contributed by atoms with Crippen LogP contribution in [0.2, 0.25) is 0 Å². The van der Waals surface area contributed by atoms with Gasteiger partial charge in [0.15, 0.2) is 12.4 Å². The van der Waals surface area contributed by atoms with Crippen LogP contribution in [0.15, 0.2) is 53.9 Å². The van der Waals surface area contributed by atoms with E-state index < -0.39 is 0 Å². The fraction of sp³-hybridized carbons (Fsp3) is 0.190. The van der Waals surface area contributed by atoms with Crippen LogP contribution in [0.4, 0.5) is 4.39 Å². The Hall–Kier alpha value is -3.46. The van der Waals surface area contributed by atoms with Gasteiger partial charge >= 0.3 is 0 Å². The molecule has 2 heterocycles. The summed E-state index contributed by atoms with van der Waals surface area (Å²) >= 11 is 1.42. The summed E-state index contributed by atoms with van der Waals surface area (Å²) in [6.07, 6.45) is 0.564. The van der Waals surface area contributed by atoms with E-state index in [1.54, 1.807) is 54.1 Å². The van der Waals surface area contributed by atoms with Crippen molar-refractivity contribution >= 4 is 22.2 Å². The number of ether oxygens (including phenoxy) is 2. The number of hydrogen-bond acceptors (Lipinski definition) is 6. The average molecular weight is 426 g/mol. The second-order valence-corrected chi connectivity index (χ2v) is 7.24. The van der Waals surface area contributed by atoms with Crippen molar-refractivity contribution in [1.29, 1.82) is 0 Å². The SMILES string of the molecule is COc1ccc(OCC(=O)NCCc2csc3nc(-c4ccccc4F)nn23)cc1. The zero-order valence-electron chi connectivity index (χ0n) is 16.2. The van der Waals surface area contributed by atoms with Crippen molar-refractivity contribution in [3.05, 3.63) is 65.4 Å². The average Bonchev–Trinajstić information content (AvgIpc) is 3.34. The highest BCUT2D eigenvalue weighted by atomic mass is 32.1. The standard InChI is InChI=1S/C21H19FN4O3S/c1-28-15-6-8-16(9-7-15)29-12-19(27)23-11-10-14-13-30-21-24-20(25-26(14)21)17-4-2-3-5-18(17)22/h2-9,13H,10-12H2,1H3,(H,23,27). The highest BCUT2D eigenvalue weighted by Crippen LogP contribution is 2.23. The van der Waals surface area contributed by atoms with Crippen LogP contribution in [0.5, 0.6) is 11.5 Å². The van der Waals surface area contributed by atoms with Gasteiger partial charge < -0.3 is 14.8 Å². The predicted octanol–water partition coefficient (Wildman–Crippen LogP) is 3.34. The van der Waals surface area contributed by atoms with E-state index in [1.807, 2.05) is 5.38 Å². The Balaban J connectivity index is 1.31. The molecule has 154 valence electrons. The summed E-state index contributed by atoms with van der Waals surface area (Å²) in [6, 6.07) is 13.4. The van der Waals surface area contributed by atoms with Crippen molar-refractivity contribution in [3.63, 3.8) is 0 Å². The summed E-state index contributed by atoms with van der Waals surface area (Å²) < 4.78 is 26.2. The lowest BCUT2D eigenvalue weighted by molar-refractivity contribution is -0.123. The normalized spacial score (nSPS) is 10.9. The molecule has 2 aromatic carbocycles. The Morgan fingerprint density at radius 3 is 2.70 bits per heavy atom. The molecule has 0 atom stereocenters. The van der Waals surface area contributed by atoms with Crippen LogP contribution in [-0.2, 0) is 11.2 Å². The number of carbonyl (C=O) groups excluding carboxylic acids is 1. The van der Waals surface area contributed by atoms with Crippen molar-refractivity contribution in [2.75, 3.05) is 20.3 Å². The molecule has 0 radical (unpaired) electrons. The van der Waals surface area contributed by atoms with Crippen molar-refractivity contribution < 1.29 is 18.7 Å². The quantitative estimate of drug-likeness (QED) is 0.468. The number of benzene rings is 2. The highest BCUT2D eigenvalue weighted by Gasteiger charge is 2.14. The third-order valence-electron chi connectivity index (χ3n) is 4.40. The van der Waals surface area contributed by atoms with E-state index in [0.29, 0.717) is 35.1 Å². The Labute approximate surface area is 176 Å². The maximum Gasteiger partial charge on any atom is 0.257 e. The van der Waals surface area contributed by atoms with Crippen molar-refractivity contribution in [2.24, 2.45) is 0 Å². The van der Waals surface area contributed by atoms with Crippen LogP contribution < -0.4 is 14.8 Å². The molecule has 0 unspecified atom stereocenters. The number of carbonyl (C=O) groups is 1. The van der Waals surface area contributed by atoms with E-state index in [-0.39, 0.29) is 18.3 Å². The summed E-state index contributed by atoms with van der Waals surface area (Å²) in [4.78, 5) is 17.1. The number of fused-ring (bicyclic) bond motifs is 1. The van der Waals surface area contributed by atoms with E-state index in [4.69, 9.17) is 9.47 Å². The summed E-state index contributed by atoms with van der Waals surface area (Å²) in [5.41, 5.74) is 1.25. The molecule has 2 aromatic heterocycles. The molecule has 1 N–H and O–H groups in total. The Morgan fingerprint density at radius 1 is 1.17 bits per heavy atom. The van der Waals surface area contributed by atoms with Crippen LogP contribution in [0, 0.1) is 5.82 Å². The first-order valence-corrected chi connectivity index (χ1v) is 10.1. The Bertz CT molecular complexity index is 1160. The minimum absolute atomic E-state index is 0.0772. The minimum Gasteiger partial charge on any atom is -0.497 e. The minimum atomic E-state index is -0.360. The number of halogens is 1. The second-order valence-electron chi connectivity index (χ2n) is 6.40. The van der Waals surface area contributed by atoms with Crippen LogP contribution >= 0.6 is 11.3 Å². The lowest BCUT2D eigenvalue weighted by atomic mass is 10.2. The number of thiazole rings is 1. The van der Waals surface area contributed by atoms with Crippen LogP contribution in [0.1, 0.15) is 5.69 Å². The topological polar surface area (TPSA) is 77.8 Å². The Morgan fingerprint density at radius 2 is 1.93 bits per heavy atom. The molecule has 0 spiro atoms. The molecule has 7 nitrogen and oxygen atoms in total. The molecule has 0 aliphatic carbocycles. The number of hydrogen-bond donors (Lipinski definition) is 1. The lowest BCUT2D eigenvalue weighted by Gasteiger charge is -2.08. The molecule has 30 heavy (non-hydrogen) atoms. The number of nitrogens with one attached hydrogen (secondary N) is 1. The van der Waals surface area contributed by atoms with Gasteiger partial charge in [0, 0.05) is 18.3 Å². The molecule has 9 heteroatoms. The van der Waals surface area contributed by atoms with Crippen molar-refractivity contribution in [1.82, 2.24) is 19.9 Å². The third kappa shape index (κ3) is 4.41. The molecule has 0 bridgehead atoms. The third-order valence-corrected chi connectivity index (χ3v) is 5.26. The highest BCUT2D eigenvalue weighted by molar-refractivity contribution is 7.15. The van der Waals surface area contributed by atoms with Gasteiger partial charge in [-0.1, -0.05) is 12.1 Å². The van der Waals surface area contributed by atoms with Crippen LogP contribution in [0.25, 0.3) is 16.3 Å². The molecule has 0 saturated carbocycles. The van der Waals surface area contributed by atoms with Gasteiger partial charge in [0.2, 0.25) is 4.96 Å². The van der Waals surface area contributed by atoms with Gasteiger partial charge in [-0.2, -0.15) is 4.98 Å². The van der Waals surface area contributed by atoms with E-state index in [1.165, 1.54) is 17.4 Å². The largest absolute Gasteiger partial charge is 0.497 e. The number of aromatic nitrogens is 3. The van der Waals surface area contributed by atoms with Gasteiger partial charge in [0.05, 0.1) is 18.4 Å². The fourth-order valence-electron chi connectivity index (χ4n) is 2.86. The van der Waals surface area contributed by atoms with E-state index in [9.17, 15) is 9.18 Å². The number of rotatable bonds is 8. The molecular weight excluding hydrogens is 407 g/mol. The zero-order chi connectivity index (χ0) is 20.9. The maximum atomic E-state index is 14.0. The van der Waals surface area contributed by atoms with Crippen molar-refractivity contribution in [3.8, 4) is 22.9 Å². The van der Waals surface area contributed by atoms with Crippen molar-refractivity contribution in [2.45, 2.75) is 6.42 Å². The van der Waals surface area contributed by atoms with E-state index in [2.05, 4.69) is 15.4 Å². The molecular formula is C21H19FN4O3S. The van der Waals surface area contributed by atoms with Gasteiger partial charge in [0.1, 0.15) is 17.3 Å². The first-order valence-electron chi connectivity index (χ1n) is 9.25. The number of methoxy groups -OCH3 is 1. The molecule has 0 aliphatic rings. The van der Waals surface area contributed by atoms with Gasteiger partial charge in [-0.25, -0.2) is 8.91 Å².